The second-order valence-electron chi connectivity index (χ2n) is 17.1. The molecule has 12 nitrogen and oxygen atoms in total. The Kier molecular flexibility index (Phi) is 21.5. The fourth-order valence-corrected chi connectivity index (χ4v) is 6.24. The summed E-state index contributed by atoms with van der Waals surface area (Å²) in [7, 11) is -0.462. The largest absolute Gasteiger partial charge is 0.507 e. The third kappa shape index (κ3) is 17.0. The lowest BCUT2D eigenvalue weighted by molar-refractivity contribution is 0.00578. The van der Waals surface area contributed by atoms with Gasteiger partial charge in [-0.1, -0.05) is 79.5 Å². The molecule has 0 aliphatic carbocycles. The molecule has 1 fully saturated rings. The van der Waals surface area contributed by atoms with E-state index in [1.54, 1.807) is 48.7 Å². The second-order valence-corrected chi connectivity index (χ2v) is 19.3. The first-order valence-electron chi connectivity index (χ1n) is 21.0. The van der Waals surface area contributed by atoms with Crippen LogP contribution in [0.3, 0.4) is 0 Å². The van der Waals surface area contributed by atoms with Crippen LogP contribution in [0.1, 0.15) is 91.5 Å². The van der Waals surface area contributed by atoms with Gasteiger partial charge in [-0.25, -0.2) is 9.97 Å². The van der Waals surface area contributed by atoms with Gasteiger partial charge in [0.1, 0.15) is 47.3 Å². The first-order valence-corrected chi connectivity index (χ1v) is 23.0. The van der Waals surface area contributed by atoms with Gasteiger partial charge in [0.05, 0.1) is 59.0 Å². The minimum Gasteiger partial charge on any atom is -0.507 e. The van der Waals surface area contributed by atoms with Crippen molar-refractivity contribution in [1.82, 2.24) is 9.97 Å². The number of aromatic hydroxyl groups is 1. The van der Waals surface area contributed by atoms with Crippen LogP contribution in [0.4, 0.5) is 0 Å². The third-order valence-electron chi connectivity index (χ3n) is 9.53. The second kappa shape index (κ2) is 25.9. The quantitative estimate of drug-likeness (QED) is 0.0975. The summed E-state index contributed by atoms with van der Waals surface area (Å²) in [6.45, 7) is 22.3. The van der Waals surface area contributed by atoms with Gasteiger partial charge in [-0.3, -0.25) is 0 Å². The average molecular weight is 1040 g/mol. The highest BCUT2D eigenvalue weighted by Gasteiger charge is 2.51. The smallest absolute Gasteiger partial charge is 0.494 e. The highest BCUT2D eigenvalue weighted by Crippen LogP contribution is 2.37. The van der Waals surface area contributed by atoms with E-state index < -0.39 is 18.3 Å². The van der Waals surface area contributed by atoms with E-state index in [9.17, 15) is 10.5 Å². The molecule has 0 radical (unpaired) electrons. The van der Waals surface area contributed by atoms with E-state index in [0.717, 1.165) is 20.0 Å². The van der Waals surface area contributed by atoms with E-state index in [1.807, 2.05) is 64.1 Å². The van der Waals surface area contributed by atoms with Crippen LogP contribution in [-0.2, 0) is 9.31 Å². The third-order valence-corrected chi connectivity index (χ3v) is 10.7. The van der Waals surface area contributed by atoms with Crippen molar-refractivity contribution in [2.75, 3.05) is 19.8 Å². The zero-order chi connectivity index (χ0) is 49.2. The fourth-order valence-electron chi connectivity index (χ4n) is 5.37. The SMILES string of the molecule is CC(C)COc1ccc(-c2ccnc(Cl)n2)cc1C#N.CC(C)COc1ccc(B2OC(C)(C)C(C)(C)O2)cc1C#N.CC(C)COc1ccc(Br)cc1C#N.N#Cc1cc(Br)ccc1O. The molecular weight excluding hydrogens is 987 g/mol. The molecule has 1 N–H and O–H groups in total. The lowest BCUT2D eigenvalue weighted by Gasteiger charge is -2.32. The molecule has 1 aliphatic rings. The van der Waals surface area contributed by atoms with Gasteiger partial charge in [-0.05, 0) is 135 Å². The molecule has 0 amide bonds. The van der Waals surface area contributed by atoms with Gasteiger partial charge in [0, 0.05) is 20.7 Å². The molecule has 2 heterocycles. The molecule has 5 aromatic rings. The topological polar surface area (TPSA) is 187 Å². The van der Waals surface area contributed by atoms with Crippen LogP contribution in [0.25, 0.3) is 11.3 Å². The first-order chi connectivity index (χ1) is 31.1. The number of hydrogen-bond acceptors (Lipinski definition) is 12. The van der Waals surface area contributed by atoms with Gasteiger partial charge in [0.25, 0.3) is 0 Å². The Labute approximate surface area is 411 Å². The van der Waals surface area contributed by atoms with E-state index in [4.69, 9.17) is 50.8 Å². The molecule has 0 spiro atoms. The molecule has 0 unspecified atom stereocenters. The summed E-state index contributed by atoms with van der Waals surface area (Å²) in [5.74, 6) is 3.15. The van der Waals surface area contributed by atoms with Crippen molar-refractivity contribution in [2.45, 2.75) is 80.4 Å². The predicted octanol–water partition coefficient (Wildman–Crippen LogP) is 12.0. The Balaban J connectivity index is 0.000000243. The molecule has 1 aromatic heterocycles. The normalized spacial score (nSPS) is 13.0. The monoisotopic (exact) mass is 1040 g/mol. The Morgan fingerprint density at radius 3 is 1.50 bits per heavy atom. The number of benzene rings is 4. The summed E-state index contributed by atoms with van der Waals surface area (Å²) >= 11 is 12.3. The molecule has 66 heavy (non-hydrogen) atoms. The standard InChI is InChI=1S/C17H24BNO3.C15H14ClN3O.C11H12BrNO.C7H4BrNO/c1-12(2)11-20-15-8-7-14(9-13(15)10-19)18-21-16(3,4)17(5,6)22-18;1-10(2)9-20-14-4-3-11(7-12(14)8-17)13-5-6-18-15(16)19-13;1-8(2)7-14-11-4-3-10(12)5-9(11)6-13;8-6-1-2-7(10)5(3-6)4-9/h7-9,12H,11H2,1-6H3;3-7,10H,9H2,1-2H3;3-5,8H,7H2,1-2H3;1-3,10H. The van der Waals surface area contributed by atoms with Crippen LogP contribution in [0.2, 0.25) is 5.28 Å². The Morgan fingerprint density at radius 2 is 1.05 bits per heavy atom. The minimum absolute atomic E-state index is 0.0192. The molecular formula is C50H54BBr2ClN6O6. The summed E-state index contributed by atoms with van der Waals surface area (Å²) in [5.41, 5.74) is 3.39. The van der Waals surface area contributed by atoms with Gasteiger partial charge in [-0.15, -0.1) is 0 Å². The number of ether oxygens (including phenoxy) is 3. The average Bonchev–Trinajstić information content (AvgIpc) is 3.50. The molecule has 6 rings (SSSR count). The molecule has 16 heteroatoms. The maximum atomic E-state index is 9.34. The molecule has 344 valence electrons. The van der Waals surface area contributed by atoms with Crippen molar-refractivity contribution in [1.29, 1.82) is 21.0 Å². The molecule has 0 bridgehead atoms. The number of nitrogens with zero attached hydrogens (tertiary/aromatic N) is 6. The Morgan fingerprint density at radius 1 is 0.621 bits per heavy atom. The molecule has 0 saturated carbocycles. The van der Waals surface area contributed by atoms with Crippen molar-refractivity contribution in [2.24, 2.45) is 17.8 Å². The Hall–Kier alpha value is -5.65. The van der Waals surface area contributed by atoms with Crippen molar-refractivity contribution >= 4 is 56.0 Å². The summed E-state index contributed by atoms with van der Waals surface area (Å²) in [6, 6.07) is 31.1. The molecule has 0 atom stereocenters. The maximum Gasteiger partial charge on any atom is 0.494 e. The van der Waals surface area contributed by atoms with Gasteiger partial charge in [-0.2, -0.15) is 21.0 Å². The van der Waals surface area contributed by atoms with Crippen LogP contribution >= 0.6 is 43.5 Å². The summed E-state index contributed by atoms with van der Waals surface area (Å²) in [4.78, 5) is 7.97. The number of rotatable bonds is 11. The highest BCUT2D eigenvalue weighted by molar-refractivity contribution is 9.10. The maximum absolute atomic E-state index is 9.34. The lowest BCUT2D eigenvalue weighted by Crippen LogP contribution is -2.41. The summed E-state index contributed by atoms with van der Waals surface area (Å²) in [6.07, 6.45) is 1.58. The molecule has 1 saturated heterocycles. The summed E-state index contributed by atoms with van der Waals surface area (Å²) in [5, 5.41) is 45.0. The Bertz CT molecular complexity index is 2570. The van der Waals surface area contributed by atoms with Gasteiger partial charge in [0.2, 0.25) is 5.28 Å². The van der Waals surface area contributed by atoms with Crippen LogP contribution in [0.5, 0.6) is 23.0 Å². The number of phenolic OH excluding ortho intramolecular Hbond substituents is 1. The van der Waals surface area contributed by atoms with Crippen LogP contribution in [0.15, 0.2) is 94.0 Å². The lowest BCUT2D eigenvalue weighted by atomic mass is 9.78. The fraction of sp³-hybridized carbons (Fsp3) is 0.360. The number of hydrogen-bond donors (Lipinski definition) is 1. The van der Waals surface area contributed by atoms with Gasteiger partial charge >= 0.3 is 7.12 Å². The van der Waals surface area contributed by atoms with Crippen LogP contribution in [-0.4, -0.2) is 53.2 Å². The van der Waals surface area contributed by atoms with Crippen molar-refractivity contribution in [3.05, 3.63) is 122 Å². The van der Waals surface area contributed by atoms with E-state index in [1.165, 1.54) is 6.07 Å². The van der Waals surface area contributed by atoms with Gasteiger partial charge in [0.15, 0.2) is 0 Å². The van der Waals surface area contributed by atoms with Crippen LogP contribution in [0, 0.1) is 63.1 Å². The minimum atomic E-state index is -0.462. The number of phenols is 1. The zero-order valence-corrected chi connectivity index (χ0v) is 42.7. The van der Waals surface area contributed by atoms with Crippen molar-refractivity contribution in [3.63, 3.8) is 0 Å². The molecule has 4 aromatic carbocycles. The molecule has 1 aliphatic heterocycles. The highest BCUT2D eigenvalue weighted by atomic mass is 79.9. The van der Waals surface area contributed by atoms with Crippen molar-refractivity contribution < 1.29 is 28.6 Å². The van der Waals surface area contributed by atoms with Crippen molar-refractivity contribution in [3.8, 4) is 58.5 Å². The first kappa shape index (κ1) is 54.7. The van der Waals surface area contributed by atoms with E-state index in [-0.39, 0.29) is 16.6 Å². The number of nitriles is 4. The van der Waals surface area contributed by atoms with E-state index in [0.29, 0.717) is 77.2 Å². The number of aromatic nitrogens is 2. The van der Waals surface area contributed by atoms with Gasteiger partial charge < -0.3 is 28.6 Å². The predicted molar refractivity (Wildman–Crippen MR) is 264 cm³/mol. The van der Waals surface area contributed by atoms with Crippen LogP contribution < -0.4 is 19.7 Å². The van der Waals surface area contributed by atoms with E-state index in [2.05, 4.69) is 102 Å². The summed E-state index contributed by atoms with van der Waals surface area (Å²) < 4.78 is 30.5. The van der Waals surface area contributed by atoms with E-state index >= 15 is 0 Å². The number of halogens is 3. The zero-order valence-electron chi connectivity index (χ0n) is 38.8.